The Labute approximate surface area is 144 Å². The van der Waals surface area contributed by atoms with E-state index in [-0.39, 0.29) is 0 Å². The van der Waals surface area contributed by atoms with Crippen LogP contribution >= 0.6 is 0 Å². The summed E-state index contributed by atoms with van der Waals surface area (Å²) in [5, 5.41) is 0. The van der Waals surface area contributed by atoms with Gasteiger partial charge in [0.1, 0.15) is 5.82 Å². The lowest BCUT2D eigenvalue weighted by molar-refractivity contribution is 0.776. The first-order valence-electron chi connectivity index (χ1n) is 8.33. The molecule has 1 heterocycles. The first-order valence-corrected chi connectivity index (χ1v) is 8.33. The predicted molar refractivity (Wildman–Crippen MR) is 102 cm³/mol. The van der Waals surface area contributed by atoms with Crippen LogP contribution in [0.1, 0.15) is 33.6 Å². The topological polar surface area (TPSA) is 17.8 Å². The van der Waals surface area contributed by atoms with Crippen LogP contribution in [0.3, 0.4) is 0 Å². The summed E-state index contributed by atoms with van der Waals surface area (Å²) in [7, 11) is 0. The molecule has 1 aromatic heterocycles. The van der Waals surface area contributed by atoms with Gasteiger partial charge in [0.25, 0.3) is 0 Å². The van der Waals surface area contributed by atoms with E-state index in [4.69, 9.17) is 4.98 Å². The minimum absolute atomic E-state index is 0.827. The average molecular weight is 316 g/mol. The fourth-order valence-corrected chi connectivity index (χ4v) is 3.15. The maximum absolute atomic E-state index is 4.88. The van der Waals surface area contributed by atoms with Gasteiger partial charge in [0, 0.05) is 17.8 Å². The molecule has 0 spiro atoms. The van der Waals surface area contributed by atoms with Crippen molar-refractivity contribution in [3.05, 3.63) is 82.7 Å². The van der Waals surface area contributed by atoms with Crippen molar-refractivity contribution in [2.24, 2.45) is 0 Å². The van der Waals surface area contributed by atoms with E-state index in [1.807, 2.05) is 6.08 Å². The van der Waals surface area contributed by atoms with Crippen molar-refractivity contribution in [1.29, 1.82) is 0 Å². The summed E-state index contributed by atoms with van der Waals surface area (Å²) < 4.78 is 2.33. The van der Waals surface area contributed by atoms with Crippen LogP contribution in [0.2, 0.25) is 0 Å². The molecule has 0 aliphatic carbocycles. The van der Waals surface area contributed by atoms with E-state index in [0.29, 0.717) is 0 Å². The highest BCUT2D eigenvalue weighted by Gasteiger charge is 2.16. The van der Waals surface area contributed by atoms with Crippen LogP contribution < -0.4 is 0 Å². The molecule has 2 nitrogen and oxygen atoms in total. The van der Waals surface area contributed by atoms with E-state index in [1.54, 1.807) is 0 Å². The SMILES string of the molecule is C=Cc1ccc(Cn2c(-c3c(C)cccc3C)nc(C)c2C)cc1. The molecule has 0 atom stereocenters. The lowest BCUT2D eigenvalue weighted by Crippen LogP contribution is -2.06. The van der Waals surface area contributed by atoms with Crippen LogP contribution in [0.15, 0.2) is 49.0 Å². The van der Waals surface area contributed by atoms with Gasteiger partial charge in [0.05, 0.1) is 5.69 Å². The average Bonchev–Trinajstić information content (AvgIpc) is 2.84. The molecule has 0 N–H and O–H groups in total. The van der Waals surface area contributed by atoms with Gasteiger partial charge in [-0.15, -0.1) is 0 Å². The predicted octanol–water partition coefficient (Wildman–Crippen LogP) is 5.48. The molecule has 122 valence electrons. The molecule has 0 fully saturated rings. The molecule has 0 unspecified atom stereocenters. The summed E-state index contributed by atoms with van der Waals surface area (Å²) >= 11 is 0. The van der Waals surface area contributed by atoms with Crippen molar-refractivity contribution >= 4 is 6.08 Å². The van der Waals surface area contributed by atoms with E-state index in [2.05, 4.69) is 81.3 Å². The molecule has 24 heavy (non-hydrogen) atoms. The standard InChI is InChI=1S/C22H24N2/c1-6-19-10-12-20(13-11-19)14-24-18(5)17(4)23-22(24)21-15(2)8-7-9-16(21)3/h6-13H,1,14H2,2-5H3. The van der Waals surface area contributed by atoms with Gasteiger partial charge in [0.2, 0.25) is 0 Å². The third kappa shape index (κ3) is 2.92. The first-order chi connectivity index (χ1) is 11.5. The van der Waals surface area contributed by atoms with Gasteiger partial charge in [-0.1, -0.05) is 55.1 Å². The van der Waals surface area contributed by atoms with Gasteiger partial charge in [-0.25, -0.2) is 4.98 Å². The Balaban J connectivity index is 2.09. The fraction of sp³-hybridized carbons (Fsp3) is 0.227. The van der Waals surface area contributed by atoms with Crippen LogP contribution in [0.25, 0.3) is 17.5 Å². The number of nitrogens with zero attached hydrogens (tertiary/aromatic N) is 2. The zero-order valence-corrected chi connectivity index (χ0v) is 14.9. The number of imidazole rings is 1. The quantitative estimate of drug-likeness (QED) is 0.623. The zero-order valence-electron chi connectivity index (χ0n) is 14.9. The summed E-state index contributed by atoms with van der Waals surface area (Å²) in [4.78, 5) is 4.88. The van der Waals surface area contributed by atoms with Gasteiger partial charge in [-0.05, 0) is 49.9 Å². The molecule has 0 aliphatic heterocycles. The number of rotatable bonds is 4. The Morgan fingerprint density at radius 2 is 1.58 bits per heavy atom. The zero-order chi connectivity index (χ0) is 17.3. The second-order valence-corrected chi connectivity index (χ2v) is 6.40. The van der Waals surface area contributed by atoms with Crippen LogP contribution in [-0.2, 0) is 6.54 Å². The van der Waals surface area contributed by atoms with Crippen molar-refractivity contribution < 1.29 is 0 Å². The Morgan fingerprint density at radius 1 is 0.958 bits per heavy atom. The summed E-state index contributed by atoms with van der Waals surface area (Å²) in [6, 6.07) is 15.0. The fourth-order valence-electron chi connectivity index (χ4n) is 3.15. The number of benzene rings is 2. The lowest BCUT2D eigenvalue weighted by atomic mass is 10.0. The molecule has 0 bridgehead atoms. The van der Waals surface area contributed by atoms with Gasteiger partial charge in [-0.2, -0.15) is 0 Å². The molecule has 0 radical (unpaired) electrons. The van der Waals surface area contributed by atoms with Gasteiger partial charge < -0.3 is 4.57 Å². The number of aryl methyl sites for hydroxylation is 3. The largest absolute Gasteiger partial charge is 0.324 e. The third-order valence-corrected chi connectivity index (χ3v) is 4.72. The van der Waals surface area contributed by atoms with Crippen molar-refractivity contribution in [2.75, 3.05) is 0 Å². The normalized spacial score (nSPS) is 10.8. The van der Waals surface area contributed by atoms with Crippen LogP contribution in [0.5, 0.6) is 0 Å². The molecule has 3 rings (SSSR count). The Hall–Kier alpha value is -2.61. The van der Waals surface area contributed by atoms with Crippen molar-refractivity contribution in [2.45, 2.75) is 34.2 Å². The highest BCUT2D eigenvalue weighted by Crippen LogP contribution is 2.29. The van der Waals surface area contributed by atoms with E-state index in [0.717, 1.165) is 23.6 Å². The van der Waals surface area contributed by atoms with Crippen molar-refractivity contribution in [3.63, 3.8) is 0 Å². The smallest absolute Gasteiger partial charge is 0.141 e. The highest BCUT2D eigenvalue weighted by atomic mass is 15.1. The van der Waals surface area contributed by atoms with Gasteiger partial charge >= 0.3 is 0 Å². The summed E-state index contributed by atoms with van der Waals surface area (Å²) in [6.45, 7) is 13.2. The van der Waals surface area contributed by atoms with E-state index in [9.17, 15) is 0 Å². The third-order valence-electron chi connectivity index (χ3n) is 4.72. The maximum atomic E-state index is 4.88. The lowest BCUT2D eigenvalue weighted by Gasteiger charge is -2.14. The summed E-state index contributed by atoms with van der Waals surface area (Å²) in [5.74, 6) is 1.06. The van der Waals surface area contributed by atoms with Crippen LogP contribution in [0.4, 0.5) is 0 Å². The molecule has 2 heteroatoms. The molecule has 0 saturated heterocycles. The van der Waals surface area contributed by atoms with Crippen molar-refractivity contribution in [1.82, 2.24) is 9.55 Å². The Bertz CT molecular complexity index is 863. The maximum Gasteiger partial charge on any atom is 0.141 e. The minimum Gasteiger partial charge on any atom is -0.324 e. The summed E-state index contributed by atoms with van der Waals surface area (Å²) in [5.41, 5.74) is 8.51. The number of hydrogen-bond donors (Lipinski definition) is 0. The Kier molecular flexibility index (Phi) is 4.39. The van der Waals surface area contributed by atoms with Gasteiger partial charge in [0.15, 0.2) is 0 Å². The molecule has 0 amide bonds. The van der Waals surface area contributed by atoms with E-state index in [1.165, 1.54) is 27.9 Å². The first kappa shape index (κ1) is 16.3. The minimum atomic E-state index is 0.827. The van der Waals surface area contributed by atoms with Gasteiger partial charge in [-0.3, -0.25) is 0 Å². The molecular formula is C22H24N2. The van der Waals surface area contributed by atoms with E-state index >= 15 is 0 Å². The van der Waals surface area contributed by atoms with E-state index < -0.39 is 0 Å². The Morgan fingerprint density at radius 3 is 2.17 bits per heavy atom. The molecule has 0 saturated carbocycles. The summed E-state index contributed by atoms with van der Waals surface area (Å²) in [6.07, 6.45) is 1.87. The van der Waals surface area contributed by atoms with Crippen molar-refractivity contribution in [3.8, 4) is 11.4 Å². The number of hydrogen-bond acceptors (Lipinski definition) is 1. The second kappa shape index (κ2) is 6.48. The van der Waals surface area contributed by atoms with Crippen LogP contribution in [-0.4, -0.2) is 9.55 Å². The molecule has 3 aromatic rings. The molecular weight excluding hydrogens is 292 g/mol. The van der Waals surface area contributed by atoms with Crippen LogP contribution in [0, 0.1) is 27.7 Å². The molecule has 0 aliphatic rings. The monoisotopic (exact) mass is 316 g/mol. The molecule has 2 aromatic carbocycles. The number of aromatic nitrogens is 2. The second-order valence-electron chi connectivity index (χ2n) is 6.40. The highest BCUT2D eigenvalue weighted by molar-refractivity contribution is 5.66.